The predicted molar refractivity (Wildman–Crippen MR) is 108 cm³/mol. The maximum atomic E-state index is 12.2. The van der Waals surface area contributed by atoms with Crippen LogP contribution in [-0.2, 0) is 9.59 Å². The molecule has 0 bridgehead atoms. The number of anilines is 2. The van der Waals surface area contributed by atoms with Crippen LogP contribution in [0, 0.1) is 0 Å². The van der Waals surface area contributed by atoms with Crippen LogP contribution in [0.25, 0.3) is 0 Å². The van der Waals surface area contributed by atoms with Crippen molar-refractivity contribution in [1.29, 1.82) is 0 Å². The Morgan fingerprint density at radius 2 is 1.88 bits per heavy atom. The van der Waals surface area contributed by atoms with Crippen LogP contribution in [0.3, 0.4) is 0 Å². The number of carbonyl (C=O) groups is 2. The highest BCUT2D eigenvalue weighted by Gasteiger charge is 2.31. The molecule has 0 radical (unpaired) electrons. The summed E-state index contributed by atoms with van der Waals surface area (Å²) in [4.78, 5) is 25.9. The van der Waals surface area contributed by atoms with E-state index in [9.17, 15) is 9.59 Å². The molecule has 4 rings (SSSR count). The number of fused-ring (bicyclic) bond motifs is 1. The van der Waals surface area contributed by atoms with Gasteiger partial charge in [0.15, 0.2) is 10.9 Å². The molecule has 0 atom stereocenters. The van der Waals surface area contributed by atoms with Crippen molar-refractivity contribution in [3.8, 4) is 0 Å². The van der Waals surface area contributed by atoms with Gasteiger partial charge in [0.25, 0.3) is 5.91 Å². The highest BCUT2D eigenvalue weighted by molar-refractivity contribution is 9.10. The molecule has 6 nitrogen and oxygen atoms in total. The van der Waals surface area contributed by atoms with E-state index in [1.807, 2.05) is 24.3 Å². The second-order valence-electron chi connectivity index (χ2n) is 5.47. The Kier molecular flexibility index (Phi) is 4.56. The van der Waals surface area contributed by atoms with Crippen molar-refractivity contribution in [2.75, 3.05) is 16.0 Å². The fourth-order valence-electron chi connectivity index (χ4n) is 2.60. The van der Waals surface area contributed by atoms with Gasteiger partial charge in [0.2, 0.25) is 5.91 Å². The summed E-state index contributed by atoms with van der Waals surface area (Å²) in [6.07, 6.45) is 0. The summed E-state index contributed by atoms with van der Waals surface area (Å²) in [6.45, 7) is 0. The Morgan fingerprint density at radius 1 is 1.12 bits per heavy atom. The number of carbonyl (C=O) groups excluding carboxylic acids is 2. The Labute approximate surface area is 166 Å². The van der Waals surface area contributed by atoms with E-state index >= 15 is 0 Å². The molecule has 0 unspecified atom stereocenters. The second kappa shape index (κ2) is 6.86. The van der Waals surface area contributed by atoms with Gasteiger partial charge in [-0.3, -0.25) is 14.5 Å². The van der Waals surface area contributed by atoms with E-state index in [0.29, 0.717) is 27.1 Å². The summed E-state index contributed by atoms with van der Waals surface area (Å²) in [6, 6.07) is 12.4. The van der Waals surface area contributed by atoms with E-state index in [1.165, 1.54) is 16.7 Å². The maximum absolute atomic E-state index is 12.2. The molecule has 130 valence electrons. The first-order valence-electron chi connectivity index (χ1n) is 7.51. The van der Waals surface area contributed by atoms with Crippen LogP contribution < -0.4 is 10.2 Å². The molecular formula is C17H10BrClN4O2S. The largest absolute Gasteiger partial charge is 0.320 e. The number of hydrogen-bond acceptors (Lipinski definition) is 5. The monoisotopic (exact) mass is 448 g/mol. The van der Waals surface area contributed by atoms with Crippen LogP contribution in [0.1, 0.15) is 5.56 Å². The van der Waals surface area contributed by atoms with E-state index in [4.69, 9.17) is 11.6 Å². The van der Waals surface area contributed by atoms with Gasteiger partial charge in [-0.05, 0) is 42.5 Å². The fourth-order valence-corrected chi connectivity index (χ4v) is 3.85. The minimum Gasteiger partial charge on any atom is -0.320 e. The molecule has 0 spiro atoms. The van der Waals surface area contributed by atoms with Gasteiger partial charge in [-0.1, -0.05) is 39.3 Å². The molecule has 26 heavy (non-hydrogen) atoms. The van der Waals surface area contributed by atoms with Crippen molar-refractivity contribution < 1.29 is 9.59 Å². The zero-order valence-corrected chi connectivity index (χ0v) is 16.2. The number of amides is 2. The molecule has 0 aromatic heterocycles. The number of benzene rings is 2. The van der Waals surface area contributed by atoms with Crippen LogP contribution in [0.5, 0.6) is 0 Å². The number of nitrogens with one attached hydrogen (secondary N) is 1. The molecule has 2 aromatic rings. The topological polar surface area (TPSA) is 74.1 Å². The molecule has 2 heterocycles. The summed E-state index contributed by atoms with van der Waals surface area (Å²) in [7, 11) is 0. The van der Waals surface area contributed by atoms with Gasteiger partial charge in [0.1, 0.15) is 0 Å². The number of hydrogen-bond donors (Lipinski definition) is 1. The Hall–Kier alpha value is -2.16. The average molecular weight is 450 g/mol. The summed E-state index contributed by atoms with van der Waals surface area (Å²) in [5.41, 5.74) is 2.10. The standard InChI is InChI=1S/C17H10BrClN4O2S/c18-9-1-4-11(5-2-9)23-14(24)8-26-17(23)22-21-15-12-7-10(19)3-6-13(12)20-16(15)25/h1-7H,8H2,(H,20,21,25). The van der Waals surface area contributed by atoms with Gasteiger partial charge in [0.05, 0.1) is 17.1 Å². The second-order valence-corrected chi connectivity index (χ2v) is 7.76. The van der Waals surface area contributed by atoms with Crippen LogP contribution >= 0.6 is 39.3 Å². The number of amidine groups is 1. The lowest BCUT2D eigenvalue weighted by molar-refractivity contribution is -0.115. The predicted octanol–water partition coefficient (Wildman–Crippen LogP) is 3.89. The highest BCUT2D eigenvalue weighted by atomic mass is 79.9. The maximum Gasteiger partial charge on any atom is 0.276 e. The molecule has 2 amide bonds. The summed E-state index contributed by atoms with van der Waals surface area (Å²) in [5, 5.41) is 11.9. The molecule has 2 aromatic carbocycles. The molecule has 9 heteroatoms. The van der Waals surface area contributed by atoms with Crippen LogP contribution in [0.15, 0.2) is 57.1 Å². The zero-order chi connectivity index (χ0) is 18.3. The first-order valence-corrected chi connectivity index (χ1v) is 9.67. The quantitative estimate of drug-likeness (QED) is 0.707. The lowest BCUT2D eigenvalue weighted by atomic mass is 10.1. The molecule has 2 aliphatic heterocycles. The van der Waals surface area contributed by atoms with E-state index in [0.717, 1.165) is 4.47 Å². The normalized spacial score (nSPS) is 19.4. The molecule has 1 saturated heterocycles. The van der Waals surface area contributed by atoms with Gasteiger partial charge < -0.3 is 5.32 Å². The zero-order valence-electron chi connectivity index (χ0n) is 13.1. The first kappa shape index (κ1) is 17.3. The third-order valence-electron chi connectivity index (χ3n) is 3.79. The number of thioether (sulfide) groups is 1. The van der Waals surface area contributed by atoms with Gasteiger partial charge in [0, 0.05) is 15.1 Å². The van der Waals surface area contributed by atoms with Crippen LogP contribution in [-0.4, -0.2) is 28.4 Å². The Balaban J connectivity index is 1.71. The van der Waals surface area contributed by atoms with Crippen LogP contribution in [0.4, 0.5) is 11.4 Å². The molecule has 2 aliphatic rings. The van der Waals surface area contributed by atoms with E-state index in [1.54, 1.807) is 18.2 Å². The van der Waals surface area contributed by atoms with E-state index < -0.39 is 0 Å². The lowest BCUT2D eigenvalue weighted by Crippen LogP contribution is -2.29. The molecule has 1 N–H and O–H groups in total. The smallest absolute Gasteiger partial charge is 0.276 e. The van der Waals surface area contributed by atoms with Crippen molar-refractivity contribution in [3.63, 3.8) is 0 Å². The third kappa shape index (κ3) is 3.15. The summed E-state index contributed by atoms with van der Waals surface area (Å²) < 4.78 is 0.912. The van der Waals surface area contributed by atoms with Crippen molar-refractivity contribution in [2.45, 2.75) is 0 Å². The average Bonchev–Trinajstić information content (AvgIpc) is 3.13. The molecular weight excluding hydrogens is 440 g/mol. The fraction of sp³-hybridized carbons (Fsp3) is 0.0588. The number of rotatable bonds is 2. The SMILES string of the molecule is O=C1Nc2ccc(Cl)cc2C1=NN=C1SCC(=O)N1c1ccc(Br)cc1. The Bertz CT molecular complexity index is 991. The van der Waals surface area contributed by atoms with Crippen LogP contribution in [0.2, 0.25) is 5.02 Å². The lowest BCUT2D eigenvalue weighted by Gasteiger charge is -2.15. The van der Waals surface area contributed by atoms with Gasteiger partial charge in [-0.25, -0.2) is 0 Å². The summed E-state index contributed by atoms with van der Waals surface area (Å²) in [5.74, 6) is -0.166. The van der Waals surface area contributed by atoms with E-state index in [-0.39, 0.29) is 23.3 Å². The van der Waals surface area contributed by atoms with Gasteiger partial charge in [-0.2, -0.15) is 0 Å². The van der Waals surface area contributed by atoms with Crippen molar-refractivity contribution >= 4 is 73.4 Å². The molecule has 1 fully saturated rings. The minimum atomic E-state index is -0.351. The van der Waals surface area contributed by atoms with Gasteiger partial charge in [-0.15, -0.1) is 10.2 Å². The first-order chi connectivity index (χ1) is 12.5. The highest BCUT2D eigenvalue weighted by Crippen LogP contribution is 2.29. The summed E-state index contributed by atoms with van der Waals surface area (Å²) >= 11 is 10.7. The minimum absolute atomic E-state index is 0.0874. The Morgan fingerprint density at radius 3 is 2.65 bits per heavy atom. The number of halogens is 2. The van der Waals surface area contributed by atoms with Crippen molar-refractivity contribution in [1.82, 2.24) is 0 Å². The number of nitrogens with zero attached hydrogens (tertiary/aromatic N) is 3. The molecule has 0 aliphatic carbocycles. The molecule has 0 saturated carbocycles. The van der Waals surface area contributed by atoms with E-state index in [2.05, 4.69) is 31.4 Å². The van der Waals surface area contributed by atoms with Gasteiger partial charge >= 0.3 is 0 Å². The van der Waals surface area contributed by atoms with Crippen molar-refractivity contribution in [3.05, 3.63) is 57.5 Å². The third-order valence-corrected chi connectivity index (χ3v) is 5.46. The van der Waals surface area contributed by atoms with Crippen molar-refractivity contribution in [2.24, 2.45) is 10.2 Å².